The number of rotatable bonds is 18. The molecule has 18 nitrogen and oxygen atoms in total. The Kier molecular flexibility index (Phi) is 16.2. The van der Waals surface area contributed by atoms with Crippen molar-refractivity contribution in [3.63, 3.8) is 0 Å². The number of carbonyl (C=O) groups is 4. The lowest BCUT2D eigenvalue weighted by Crippen LogP contribution is -2.41. The molecule has 0 radical (unpaired) electrons. The maximum atomic E-state index is 12.8. The lowest BCUT2D eigenvalue weighted by Gasteiger charge is -2.29. The van der Waals surface area contributed by atoms with E-state index in [1.165, 1.54) is 6.07 Å². The van der Waals surface area contributed by atoms with Gasteiger partial charge in [0.2, 0.25) is 0 Å². The fourth-order valence-electron chi connectivity index (χ4n) is 5.24. The zero-order chi connectivity index (χ0) is 38.6. The monoisotopic (exact) mass is 715 g/mol. The Morgan fingerprint density at radius 1 is 0.640 bits per heavy atom. The van der Waals surface area contributed by atoms with Crippen molar-refractivity contribution in [1.29, 1.82) is 0 Å². The molecule has 0 aromatic heterocycles. The number of nitro groups is 1. The fourth-order valence-corrected chi connectivity index (χ4v) is 5.24. The first-order chi connectivity index (χ1) is 22.8. The van der Waals surface area contributed by atoms with Crippen molar-refractivity contribution in [3.05, 3.63) is 38.4 Å². The van der Waals surface area contributed by atoms with Crippen LogP contribution < -0.4 is 21.3 Å². The predicted molar refractivity (Wildman–Crippen MR) is 180 cm³/mol. The Labute approximate surface area is 291 Å². The lowest BCUT2D eigenvalue weighted by atomic mass is 9.87. The molecule has 0 spiro atoms. The second kappa shape index (κ2) is 18.5. The van der Waals surface area contributed by atoms with E-state index in [-0.39, 0.29) is 61.9 Å². The molecule has 0 bridgehead atoms. The molecule has 0 heterocycles. The third-order valence-electron chi connectivity index (χ3n) is 6.63. The normalized spacial score (nSPS) is 13.9. The highest BCUT2D eigenvalue weighted by Gasteiger charge is 2.31. The quantitative estimate of drug-likeness (QED) is 0.0539. The summed E-state index contributed by atoms with van der Waals surface area (Å²) in [7, 11) is 0. The van der Waals surface area contributed by atoms with E-state index in [1.807, 2.05) is 0 Å². The van der Waals surface area contributed by atoms with Gasteiger partial charge in [0, 0.05) is 17.7 Å². The molecule has 50 heavy (non-hydrogen) atoms. The molecule has 18 heteroatoms. The lowest BCUT2D eigenvalue weighted by molar-refractivity contribution is -0.386. The van der Waals surface area contributed by atoms with Crippen LogP contribution in [0.5, 0.6) is 0 Å². The number of benzene rings is 1. The molecular formula is C32H53N5O13. The number of nitrogens with one attached hydrogen (secondary N) is 4. The third-order valence-corrected chi connectivity index (χ3v) is 6.63. The molecule has 0 aliphatic rings. The minimum Gasteiger partial charge on any atom is -0.465 e. The summed E-state index contributed by atoms with van der Waals surface area (Å²) in [6.45, 7) is 15.1. The number of hydrogen-bond donors (Lipinski definition) is 8. The summed E-state index contributed by atoms with van der Waals surface area (Å²) in [5.41, 5.74) is -1.74. The summed E-state index contributed by atoms with van der Waals surface area (Å²) in [6.07, 6.45) is -9.00. The number of hydrogen-bond acceptors (Lipinski definition) is 9. The number of ether oxygens (including phenoxy) is 3. The summed E-state index contributed by atoms with van der Waals surface area (Å²) in [5.74, 6) is 0. The van der Waals surface area contributed by atoms with Crippen molar-refractivity contribution in [3.8, 4) is 0 Å². The first-order valence-corrected chi connectivity index (χ1v) is 16.1. The third kappa shape index (κ3) is 17.8. The minimum absolute atomic E-state index is 0.00747. The van der Waals surface area contributed by atoms with E-state index in [0.717, 1.165) is 0 Å². The highest BCUT2D eigenvalue weighted by molar-refractivity contribution is 5.66. The average Bonchev–Trinajstić information content (AvgIpc) is 2.88. The number of nitro benzene ring substituents is 1. The Bertz CT molecular complexity index is 1350. The summed E-state index contributed by atoms with van der Waals surface area (Å²) < 4.78 is 17.6. The van der Waals surface area contributed by atoms with Crippen LogP contribution in [0.15, 0.2) is 6.07 Å². The summed E-state index contributed by atoms with van der Waals surface area (Å²) >= 11 is 0. The van der Waals surface area contributed by atoms with E-state index in [9.17, 15) is 49.7 Å². The average molecular weight is 716 g/mol. The van der Waals surface area contributed by atoms with Gasteiger partial charge < -0.3 is 40.0 Å². The van der Waals surface area contributed by atoms with E-state index >= 15 is 0 Å². The van der Waals surface area contributed by atoms with Gasteiger partial charge in [-0.1, -0.05) is 0 Å². The van der Waals surface area contributed by atoms with Crippen LogP contribution in [0.1, 0.15) is 104 Å². The van der Waals surface area contributed by atoms with Gasteiger partial charge in [-0.3, -0.25) is 26.1 Å². The van der Waals surface area contributed by atoms with Crippen LogP contribution in [-0.4, -0.2) is 85.2 Å². The van der Waals surface area contributed by atoms with Crippen LogP contribution in [0.3, 0.4) is 0 Å². The highest BCUT2D eigenvalue weighted by Crippen LogP contribution is 2.35. The van der Waals surface area contributed by atoms with Gasteiger partial charge >= 0.3 is 24.4 Å². The van der Waals surface area contributed by atoms with E-state index in [0.29, 0.717) is 11.1 Å². The van der Waals surface area contributed by atoms with Crippen molar-refractivity contribution in [2.75, 3.05) is 0 Å². The van der Waals surface area contributed by atoms with Crippen LogP contribution in [0.2, 0.25) is 0 Å². The second-order valence-corrected chi connectivity index (χ2v) is 14.5. The van der Waals surface area contributed by atoms with Gasteiger partial charge in [-0.05, 0) is 118 Å². The molecule has 1 aromatic rings. The first-order valence-electron chi connectivity index (χ1n) is 16.1. The molecule has 3 atom stereocenters. The Morgan fingerprint density at radius 2 is 1.00 bits per heavy atom. The molecule has 1 rings (SSSR count). The Hall–Kier alpha value is -4.42. The second-order valence-electron chi connectivity index (χ2n) is 14.5. The SMILES string of the molecule is CC(C)(C)OC(CCc1cc(CNC(=O)O)c(CCC(NC(=O)O)OC(C)(C)C)c(CCC(NC(=O)O)OC(C)(C)C)c1[N+](=O)[O-])NC(=O)O. The molecule has 284 valence electrons. The van der Waals surface area contributed by atoms with Gasteiger partial charge in [-0.15, -0.1) is 0 Å². The molecule has 3 unspecified atom stereocenters. The van der Waals surface area contributed by atoms with E-state index in [2.05, 4.69) is 21.3 Å². The van der Waals surface area contributed by atoms with E-state index in [1.54, 1.807) is 62.3 Å². The van der Waals surface area contributed by atoms with Gasteiger partial charge in [0.1, 0.15) is 18.7 Å². The smallest absolute Gasteiger partial charge is 0.406 e. The molecule has 0 saturated heterocycles. The zero-order valence-corrected chi connectivity index (χ0v) is 30.2. The topological polar surface area (TPSA) is 268 Å². The van der Waals surface area contributed by atoms with Crippen LogP contribution in [0.4, 0.5) is 24.9 Å². The van der Waals surface area contributed by atoms with E-state index < -0.39 is 64.8 Å². The van der Waals surface area contributed by atoms with Gasteiger partial charge in [0.25, 0.3) is 5.69 Å². The van der Waals surface area contributed by atoms with Gasteiger partial charge in [-0.2, -0.15) is 0 Å². The molecule has 0 fully saturated rings. The van der Waals surface area contributed by atoms with Crippen molar-refractivity contribution < 1.29 is 58.7 Å². The highest BCUT2D eigenvalue weighted by atomic mass is 16.6. The number of nitrogens with zero attached hydrogens (tertiary/aromatic N) is 1. The van der Waals surface area contributed by atoms with Crippen molar-refractivity contribution in [2.45, 2.75) is 143 Å². The summed E-state index contributed by atoms with van der Waals surface area (Å²) in [6, 6.07) is 1.46. The Balaban J connectivity index is 3.95. The number of aryl methyl sites for hydroxylation is 1. The van der Waals surface area contributed by atoms with Crippen LogP contribution in [0, 0.1) is 10.1 Å². The van der Waals surface area contributed by atoms with Gasteiger partial charge in [0.05, 0.1) is 21.7 Å². The molecule has 0 saturated carbocycles. The van der Waals surface area contributed by atoms with Gasteiger partial charge in [-0.25, -0.2) is 19.2 Å². The summed E-state index contributed by atoms with van der Waals surface area (Å²) in [5, 5.41) is 59.7. The molecule has 0 aliphatic heterocycles. The number of carboxylic acid groups (broad SMARTS) is 4. The van der Waals surface area contributed by atoms with Crippen molar-refractivity contribution in [1.82, 2.24) is 21.3 Å². The zero-order valence-electron chi connectivity index (χ0n) is 30.2. The minimum atomic E-state index is -1.38. The molecular weight excluding hydrogens is 662 g/mol. The molecule has 4 amide bonds. The standard InChI is InChI=1S/C32H53N5O13/c1-30(2,3)48-22(34-27(40)41)13-10-18-16-19(17-33-26(38)39)20(11-14-23(35-28(42)43)49-31(4,5)6)21(25(18)37(46)47)12-15-24(36-29(44)45)50-32(7,8)9/h16,22-24,33-36H,10-15,17H2,1-9H3,(H,38,39)(H,40,41)(H,42,43)(H,44,45). The largest absolute Gasteiger partial charge is 0.465 e. The van der Waals surface area contributed by atoms with Crippen LogP contribution >= 0.6 is 0 Å². The van der Waals surface area contributed by atoms with Crippen LogP contribution in [-0.2, 0) is 40.0 Å². The summed E-state index contributed by atoms with van der Waals surface area (Å²) in [4.78, 5) is 58.6. The van der Waals surface area contributed by atoms with E-state index in [4.69, 9.17) is 14.2 Å². The number of amides is 4. The van der Waals surface area contributed by atoms with Crippen molar-refractivity contribution in [2.24, 2.45) is 0 Å². The fraction of sp³-hybridized carbons (Fsp3) is 0.688. The molecule has 8 N–H and O–H groups in total. The maximum absolute atomic E-state index is 12.8. The predicted octanol–water partition coefficient (Wildman–Crippen LogP) is 5.39. The molecule has 0 aliphatic carbocycles. The first kappa shape index (κ1) is 43.6. The Morgan fingerprint density at radius 3 is 1.32 bits per heavy atom. The van der Waals surface area contributed by atoms with Gasteiger partial charge in [0.15, 0.2) is 0 Å². The van der Waals surface area contributed by atoms with Crippen molar-refractivity contribution >= 4 is 30.1 Å². The molecule has 1 aromatic carbocycles. The maximum Gasteiger partial charge on any atom is 0.406 e. The van der Waals surface area contributed by atoms with Crippen LogP contribution in [0.25, 0.3) is 0 Å².